The maximum absolute atomic E-state index is 12.9. The van der Waals surface area contributed by atoms with E-state index in [4.69, 9.17) is 11.6 Å². The Hall–Kier alpha value is -2.65. The second-order valence-corrected chi connectivity index (χ2v) is 6.20. The van der Waals surface area contributed by atoms with Gasteiger partial charge in [0.05, 0.1) is 12.2 Å². The summed E-state index contributed by atoms with van der Waals surface area (Å²) in [6.45, 7) is 0.441. The summed E-state index contributed by atoms with van der Waals surface area (Å²) in [5.41, 5.74) is 2.84. The summed E-state index contributed by atoms with van der Waals surface area (Å²) in [4.78, 5) is 19.0. The molecule has 0 radical (unpaired) electrons. The van der Waals surface area contributed by atoms with Gasteiger partial charge in [0.1, 0.15) is 0 Å². The number of nitrogens with zero attached hydrogens (tertiary/aromatic N) is 2. The van der Waals surface area contributed by atoms with Gasteiger partial charge >= 0.3 is 0 Å². The van der Waals surface area contributed by atoms with Gasteiger partial charge in [0.15, 0.2) is 0 Å². The van der Waals surface area contributed by atoms with Crippen molar-refractivity contribution in [3.63, 3.8) is 0 Å². The van der Waals surface area contributed by atoms with Crippen LogP contribution in [0.5, 0.6) is 0 Å². The van der Waals surface area contributed by atoms with Crippen molar-refractivity contribution in [3.8, 4) is 0 Å². The van der Waals surface area contributed by atoms with Crippen LogP contribution in [0.2, 0.25) is 5.02 Å². The fourth-order valence-electron chi connectivity index (χ4n) is 2.63. The van der Waals surface area contributed by atoms with Gasteiger partial charge in [-0.3, -0.25) is 9.78 Å². The third-order valence-corrected chi connectivity index (χ3v) is 4.21. The van der Waals surface area contributed by atoms with E-state index in [9.17, 15) is 4.79 Å². The minimum Gasteiger partial charge on any atom is -0.306 e. The minimum absolute atomic E-state index is 0.0665. The van der Waals surface area contributed by atoms with Crippen LogP contribution in [-0.2, 0) is 17.8 Å². The first-order valence-electron chi connectivity index (χ1n) is 8.22. The van der Waals surface area contributed by atoms with Crippen LogP contribution in [0.25, 0.3) is 0 Å². The molecule has 2 aromatic carbocycles. The number of pyridine rings is 1. The quantitative estimate of drug-likeness (QED) is 0.633. The van der Waals surface area contributed by atoms with Crippen molar-refractivity contribution < 1.29 is 4.79 Å². The molecular weight excluding hydrogens is 332 g/mol. The number of hydrogen-bond donors (Lipinski definition) is 0. The molecule has 1 heterocycles. The first kappa shape index (κ1) is 17.2. The van der Waals surface area contributed by atoms with Crippen LogP contribution < -0.4 is 4.90 Å². The topological polar surface area (TPSA) is 33.2 Å². The molecule has 0 aliphatic rings. The lowest BCUT2D eigenvalue weighted by Crippen LogP contribution is -2.30. The third-order valence-electron chi connectivity index (χ3n) is 3.96. The molecule has 0 bridgehead atoms. The molecule has 0 unspecified atom stereocenters. The summed E-state index contributed by atoms with van der Waals surface area (Å²) < 4.78 is 0. The Balaban J connectivity index is 1.77. The average Bonchev–Trinajstić information content (AvgIpc) is 2.67. The summed E-state index contributed by atoms with van der Waals surface area (Å²) >= 11 is 5.98. The molecular formula is C21H19ClN2O. The Morgan fingerprint density at radius 3 is 2.32 bits per heavy atom. The second kappa shape index (κ2) is 8.45. The number of amides is 1. The molecule has 0 aliphatic carbocycles. The van der Waals surface area contributed by atoms with E-state index in [0.717, 1.165) is 16.9 Å². The molecule has 0 aliphatic heterocycles. The molecule has 126 valence electrons. The first-order chi connectivity index (χ1) is 12.2. The standard InChI is InChI=1S/C21H19ClN2O/c22-18-10-12-20(13-11-18)24(16-19-8-4-5-15-23-19)21(25)14-9-17-6-2-1-3-7-17/h1-8,10-13,15H,9,14,16H2. The maximum Gasteiger partial charge on any atom is 0.227 e. The number of aromatic nitrogens is 1. The Bertz CT molecular complexity index is 804. The van der Waals surface area contributed by atoms with E-state index in [2.05, 4.69) is 4.98 Å². The smallest absolute Gasteiger partial charge is 0.227 e. The van der Waals surface area contributed by atoms with Gasteiger partial charge < -0.3 is 4.90 Å². The van der Waals surface area contributed by atoms with Gasteiger partial charge in [0.25, 0.3) is 0 Å². The number of aryl methyl sites for hydroxylation is 1. The molecule has 1 aromatic heterocycles. The van der Waals surface area contributed by atoms with Crippen molar-refractivity contribution in [2.24, 2.45) is 0 Å². The van der Waals surface area contributed by atoms with Crippen molar-refractivity contribution in [1.82, 2.24) is 4.98 Å². The molecule has 0 spiro atoms. The lowest BCUT2D eigenvalue weighted by molar-refractivity contribution is -0.118. The van der Waals surface area contributed by atoms with Gasteiger partial charge in [0.2, 0.25) is 5.91 Å². The van der Waals surface area contributed by atoms with Crippen LogP contribution in [-0.4, -0.2) is 10.9 Å². The van der Waals surface area contributed by atoms with Crippen molar-refractivity contribution in [2.75, 3.05) is 4.90 Å². The Morgan fingerprint density at radius 2 is 1.64 bits per heavy atom. The summed E-state index contributed by atoms with van der Waals surface area (Å²) in [6, 6.07) is 23.1. The van der Waals surface area contributed by atoms with E-state index in [1.807, 2.05) is 60.7 Å². The summed E-state index contributed by atoms with van der Waals surface area (Å²) in [5, 5.41) is 0.651. The molecule has 25 heavy (non-hydrogen) atoms. The van der Waals surface area contributed by atoms with E-state index < -0.39 is 0 Å². The zero-order valence-electron chi connectivity index (χ0n) is 13.8. The molecule has 3 nitrogen and oxygen atoms in total. The van der Waals surface area contributed by atoms with Crippen LogP contribution in [0.3, 0.4) is 0 Å². The zero-order chi connectivity index (χ0) is 17.5. The van der Waals surface area contributed by atoms with Gasteiger partial charge in [-0.2, -0.15) is 0 Å². The highest BCUT2D eigenvalue weighted by molar-refractivity contribution is 6.30. The van der Waals surface area contributed by atoms with E-state index in [1.165, 1.54) is 0 Å². The van der Waals surface area contributed by atoms with Gasteiger partial charge in [-0.05, 0) is 48.4 Å². The van der Waals surface area contributed by atoms with Gasteiger partial charge in [-0.1, -0.05) is 48.0 Å². The monoisotopic (exact) mass is 350 g/mol. The second-order valence-electron chi connectivity index (χ2n) is 5.76. The van der Waals surface area contributed by atoms with Gasteiger partial charge in [0, 0.05) is 23.3 Å². The van der Waals surface area contributed by atoms with Crippen LogP contribution in [0.1, 0.15) is 17.7 Å². The summed E-state index contributed by atoms with van der Waals surface area (Å²) in [7, 11) is 0. The molecule has 4 heteroatoms. The lowest BCUT2D eigenvalue weighted by atomic mass is 10.1. The van der Waals surface area contributed by atoms with Crippen LogP contribution in [0.15, 0.2) is 79.0 Å². The number of halogens is 1. The first-order valence-corrected chi connectivity index (χ1v) is 8.60. The van der Waals surface area contributed by atoms with E-state index >= 15 is 0 Å². The molecule has 1 amide bonds. The average molecular weight is 351 g/mol. The summed E-state index contributed by atoms with van der Waals surface area (Å²) in [6.07, 6.45) is 2.90. The van der Waals surface area contributed by atoms with E-state index in [1.54, 1.807) is 23.2 Å². The van der Waals surface area contributed by atoms with Crippen molar-refractivity contribution in [2.45, 2.75) is 19.4 Å². The fraction of sp³-hybridized carbons (Fsp3) is 0.143. The molecule has 0 N–H and O–H groups in total. The number of rotatable bonds is 6. The highest BCUT2D eigenvalue weighted by Gasteiger charge is 2.16. The number of hydrogen-bond acceptors (Lipinski definition) is 2. The Labute approximate surface area is 152 Å². The SMILES string of the molecule is O=C(CCc1ccccc1)N(Cc1ccccn1)c1ccc(Cl)cc1. The van der Waals surface area contributed by atoms with Crippen LogP contribution >= 0.6 is 11.6 Å². The van der Waals surface area contributed by atoms with Crippen molar-refractivity contribution >= 4 is 23.2 Å². The zero-order valence-corrected chi connectivity index (χ0v) is 14.6. The maximum atomic E-state index is 12.9. The van der Waals surface area contributed by atoms with Crippen molar-refractivity contribution in [1.29, 1.82) is 0 Å². The third kappa shape index (κ3) is 4.91. The Kier molecular flexibility index (Phi) is 5.81. The largest absolute Gasteiger partial charge is 0.306 e. The Morgan fingerprint density at radius 1 is 0.920 bits per heavy atom. The summed E-state index contributed by atoms with van der Waals surface area (Å²) in [5.74, 6) is 0.0665. The highest BCUT2D eigenvalue weighted by Crippen LogP contribution is 2.21. The molecule has 0 saturated carbocycles. The number of carbonyl (C=O) groups is 1. The van der Waals surface area contributed by atoms with Crippen LogP contribution in [0.4, 0.5) is 5.69 Å². The molecule has 0 saturated heterocycles. The van der Waals surface area contributed by atoms with Crippen LogP contribution in [0, 0.1) is 0 Å². The molecule has 0 fully saturated rings. The van der Waals surface area contributed by atoms with E-state index in [-0.39, 0.29) is 5.91 Å². The van der Waals surface area contributed by atoms with Gasteiger partial charge in [-0.25, -0.2) is 0 Å². The highest BCUT2D eigenvalue weighted by atomic mass is 35.5. The number of anilines is 1. The molecule has 3 aromatic rings. The van der Waals surface area contributed by atoms with Gasteiger partial charge in [-0.15, -0.1) is 0 Å². The predicted octanol–water partition coefficient (Wildman–Crippen LogP) is 4.90. The van der Waals surface area contributed by atoms with E-state index in [0.29, 0.717) is 24.4 Å². The number of carbonyl (C=O) groups excluding carboxylic acids is 1. The molecule has 3 rings (SSSR count). The van der Waals surface area contributed by atoms with Crippen molar-refractivity contribution in [3.05, 3.63) is 95.3 Å². The predicted molar refractivity (Wildman–Crippen MR) is 102 cm³/mol. The molecule has 0 atom stereocenters. The lowest BCUT2D eigenvalue weighted by Gasteiger charge is -2.23. The number of benzene rings is 2. The fourth-order valence-corrected chi connectivity index (χ4v) is 2.76. The normalized spacial score (nSPS) is 10.4. The minimum atomic E-state index is 0.0665.